The van der Waals surface area contributed by atoms with Gasteiger partial charge in [-0.2, -0.15) is 0 Å². The third kappa shape index (κ3) is 4.62. The van der Waals surface area contributed by atoms with Gasteiger partial charge in [-0.3, -0.25) is 14.2 Å². The van der Waals surface area contributed by atoms with Crippen LogP contribution < -0.4 is 5.32 Å². The second-order valence-corrected chi connectivity index (χ2v) is 7.11. The van der Waals surface area contributed by atoms with E-state index in [9.17, 15) is 9.59 Å². The number of benzene rings is 2. The fourth-order valence-electron chi connectivity index (χ4n) is 2.54. The Bertz CT molecular complexity index is 963. The lowest BCUT2D eigenvalue weighted by molar-refractivity contribution is -0.113. The van der Waals surface area contributed by atoms with Crippen molar-refractivity contribution in [2.75, 3.05) is 11.1 Å². The van der Waals surface area contributed by atoms with E-state index in [1.807, 2.05) is 42.7 Å². The molecule has 0 aliphatic heterocycles. The van der Waals surface area contributed by atoms with Crippen molar-refractivity contribution in [1.82, 2.24) is 14.8 Å². The molecule has 0 aliphatic carbocycles. The molecule has 0 fully saturated rings. The number of anilines is 1. The van der Waals surface area contributed by atoms with Crippen molar-refractivity contribution in [2.24, 2.45) is 0 Å². The molecule has 3 rings (SSSR count). The summed E-state index contributed by atoms with van der Waals surface area (Å²) in [6.45, 7) is 5.43. The van der Waals surface area contributed by atoms with Gasteiger partial charge in [0.2, 0.25) is 5.91 Å². The summed E-state index contributed by atoms with van der Waals surface area (Å²) < 4.78 is 1.93. The van der Waals surface area contributed by atoms with Crippen LogP contribution in [0.25, 0.3) is 5.69 Å². The fraction of sp³-hybridized carbons (Fsp3) is 0.200. The number of hydrogen-bond donors (Lipinski definition) is 1. The van der Waals surface area contributed by atoms with Crippen LogP contribution in [0.4, 0.5) is 5.69 Å². The van der Waals surface area contributed by atoms with E-state index in [0.29, 0.717) is 16.4 Å². The molecule has 3 aromatic rings. The first-order chi connectivity index (χ1) is 12.9. The Balaban J connectivity index is 1.65. The van der Waals surface area contributed by atoms with Gasteiger partial charge in [0.05, 0.1) is 5.75 Å². The first-order valence-corrected chi connectivity index (χ1v) is 9.45. The summed E-state index contributed by atoms with van der Waals surface area (Å²) in [5.74, 6) is 0.820. The van der Waals surface area contributed by atoms with Gasteiger partial charge in [-0.1, -0.05) is 29.5 Å². The minimum atomic E-state index is -0.147. The van der Waals surface area contributed by atoms with Gasteiger partial charge < -0.3 is 5.32 Å². The number of aromatic nitrogens is 3. The molecule has 0 spiro atoms. The predicted molar refractivity (Wildman–Crippen MR) is 107 cm³/mol. The third-order valence-corrected chi connectivity index (χ3v) is 4.92. The maximum absolute atomic E-state index is 12.2. The van der Waals surface area contributed by atoms with Gasteiger partial charge >= 0.3 is 0 Å². The predicted octanol–water partition coefficient (Wildman–Crippen LogP) is 3.82. The lowest BCUT2D eigenvalue weighted by Gasteiger charge is -2.09. The molecule has 1 heterocycles. The second kappa shape index (κ2) is 8.18. The molecule has 6 nitrogen and oxygen atoms in total. The average molecular weight is 380 g/mol. The highest BCUT2D eigenvalue weighted by atomic mass is 32.2. The van der Waals surface area contributed by atoms with E-state index < -0.39 is 0 Å². The van der Waals surface area contributed by atoms with Crippen molar-refractivity contribution >= 4 is 29.1 Å². The Labute approximate surface area is 162 Å². The summed E-state index contributed by atoms with van der Waals surface area (Å²) in [5.41, 5.74) is 3.41. The number of aryl methyl sites for hydroxylation is 2. The van der Waals surface area contributed by atoms with Crippen LogP contribution in [0.2, 0.25) is 0 Å². The van der Waals surface area contributed by atoms with E-state index in [4.69, 9.17) is 0 Å². The first-order valence-electron chi connectivity index (χ1n) is 8.47. The summed E-state index contributed by atoms with van der Waals surface area (Å²) in [6, 6.07) is 14.9. The Morgan fingerprint density at radius 1 is 1.00 bits per heavy atom. The maximum Gasteiger partial charge on any atom is 0.234 e. The van der Waals surface area contributed by atoms with Gasteiger partial charge in [0.25, 0.3) is 0 Å². The van der Waals surface area contributed by atoms with Gasteiger partial charge in [0.1, 0.15) is 5.82 Å². The highest BCUT2D eigenvalue weighted by Gasteiger charge is 2.13. The number of Topliss-reactive ketones (excluding diaryl/α,β-unsaturated/α-hetero) is 1. The smallest absolute Gasteiger partial charge is 0.234 e. The number of ketones is 1. The topological polar surface area (TPSA) is 76.9 Å². The van der Waals surface area contributed by atoms with Crippen LogP contribution in [-0.4, -0.2) is 32.2 Å². The molecular weight excluding hydrogens is 360 g/mol. The lowest BCUT2D eigenvalue weighted by atomic mass is 10.1. The Morgan fingerprint density at radius 2 is 1.67 bits per heavy atom. The van der Waals surface area contributed by atoms with E-state index in [2.05, 4.69) is 15.5 Å². The highest BCUT2D eigenvalue weighted by Crippen LogP contribution is 2.22. The molecule has 0 bridgehead atoms. The van der Waals surface area contributed by atoms with Crippen LogP contribution in [0.5, 0.6) is 0 Å². The van der Waals surface area contributed by atoms with Crippen molar-refractivity contribution < 1.29 is 9.59 Å². The molecule has 0 saturated carbocycles. The van der Waals surface area contributed by atoms with Gasteiger partial charge in [-0.15, -0.1) is 10.2 Å². The molecule has 0 radical (unpaired) electrons. The summed E-state index contributed by atoms with van der Waals surface area (Å²) in [4.78, 5) is 23.5. The summed E-state index contributed by atoms with van der Waals surface area (Å²) in [5, 5.41) is 11.8. The van der Waals surface area contributed by atoms with E-state index in [1.54, 1.807) is 24.3 Å². The standard InChI is InChI=1S/C20H20N4O2S/c1-13-4-10-18(11-5-13)24-15(3)22-23-20(24)27-12-19(26)21-17-8-6-16(7-9-17)14(2)25/h4-11H,12H2,1-3H3,(H,21,26). The van der Waals surface area contributed by atoms with Crippen LogP contribution >= 0.6 is 11.8 Å². The zero-order valence-electron chi connectivity index (χ0n) is 15.4. The van der Waals surface area contributed by atoms with E-state index in [-0.39, 0.29) is 17.4 Å². The second-order valence-electron chi connectivity index (χ2n) is 6.17. The SMILES string of the molecule is CC(=O)c1ccc(NC(=O)CSc2nnc(C)n2-c2ccc(C)cc2)cc1. The molecule has 138 valence electrons. The molecular formula is C20H20N4O2S. The summed E-state index contributed by atoms with van der Waals surface area (Å²) >= 11 is 1.33. The molecule has 0 atom stereocenters. The molecule has 7 heteroatoms. The number of nitrogens with zero attached hydrogens (tertiary/aromatic N) is 3. The van der Waals surface area contributed by atoms with Gasteiger partial charge in [0, 0.05) is 16.9 Å². The number of carbonyl (C=O) groups is 2. The highest BCUT2D eigenvalue weighted by molar-refractivity contribution is 7.99. The Morgan fingerprint density at radius 3 is 2.30 bits per heavy atom. The molecule has 1 amide bonds. The normalized spacial score (nSPS) is 10.6. The van der Waals surface area contributed by atoms with Gasteiger partial charge in [-0.25, -0.2) is 0 Å². The molecule has 0 aliphatic rings. The van der Waals surface area contributed by atoms with Gasteiger partial charge in [0.15, 0.2) is 10.9 Å². The van der Waals surface area contributed by atoms with Crippen LogP contribution in [0.15, 0.2) is 53.7 Å². The van der Waals surface area contributed by atoms with Crippen molar-refractivity contribution in [3.8, 4) is 5.69 Å². The van der Waals surface area contributed by atoms with Crippen molar-refractivity contribution in [3.05, 3.63) is 65.5 Å². The molecule has 2 aromatic carbocycles. The van der Waals surface area contributed by atoms with Crippen LogP contribution in [0.1, 0.15) is 28.7 Å². The maximum atomic E-state index is 12.2. The lowest BCUT2D eigenvalue weighted by Crippen LogP contribution is -2.14. The van der Waals surface area contributed by atoms with Crippen LogP contribution in [0, 0.1) is 13.8 Å². The van der Waals surface area contributed by atoms with E-state index >= 15 is 0 Å². The van der Waals surface area contributed by atoms with Crippen LogP contribution in [0.3, 0.4) is 0 Å². The minimum absolute atomic E-state index is 0.00533. The number of nitrogens with one attached hydrogen (secondary N) is 1. The zero-order valence-corrected chi connectivity index (χ0v) is 16.2. The minimum Gasteiger partial charge on any atom is -0.325 e. The quantitative estimate of drug-likeness (QED) is 0.520. The largest absolute Gasteiger partial charge is 0.325 e. The summed E-state index contributed by atoms with van der Waals surface area (Å²) in [6.07, 6.45) is 0. The summed E-state index contributed by atoms with van der Waals surface area (Å²) in [7, 11) is 0. The van der Waals surface area contributed by atoms with Crippen molar-refractivity contribution in [2.45, 2.75) is 25.9 Å². The van der Waals surface area contributed by atoms with E-state index in [1.165, 1.54) is 24.2 Å². The molecule has 1 aromatic heterocycles. The first kappa shape index (κ1) is 18.8. The van der Waals surface area contributed by atoms with E-state index in [0.717, 1.165) is 11.5 Å². The number of thioether (sulfide) groups is 1. The van der Waals surface area contributed by atoms with Crippen molar-refractivity contribution in [1.29, 1.82) is 0 Å². The fourth-order valence-corrected chi connectivity index (χ4v) is 3.34. The monoisotopic (exact) mass is 380 g/mol. The molecule has 1 N–H and O–H groups in total. The number of rotatable bonds is 6. The van der Waals surface area contributed by atoms with Gasteiger partial charge in [-0.05, 0) is 57.2 Å². The number of hydrogen-bond acceptors (Lipinski definition) is 5. The molecule has 0 unspecified atom stereocenters. The number of amides is 1. The number of carbonyl (C=O) groups excluding carboxylic acids is 2. The molecule has 0 saturated heterocycles. The van der Waals surface area contributed by atoms with Crippen LogP contribution in [-0.2, 0) is 4.79 Å². The average Bonchev–Trinajstić information content (AvgIpc) is 3.02. The Kier molecular flexibility index (Phi) is 5.71. The zero-order chi connectivity index (χ0) is 19.4. The third-order valence-electron chi connectivity index (χ3n) is 3.99. The molecule has 27 heavy (non-hydrogen) atoms. The Hall–Kier alpha value is -2.93. The van der Waals surface area contributed by atoms with Crippen molar-refractivity contribution in [3.63, 3.8) is 0 Å².